The molecule has 0 spiro atoms. The minimum absolute atomic E-state index is 0.0483. The second-order valence-electron chi connectivity index (χ2n) is 8.00. The van der Waals surface area contributed by atoms with Crippen LogP contribution in [0.1, 0.15) is 29.5 Å². The molecule has 5 heteroatoms. The largest absolute Gasteiger partial charge is 0.361 e. The Balaban J connectivity index is 1.32. The van der Waals surface area contributed by atoms with Gasteiger partial charge in [0.25, 0.3) is 0 Å². The van der Waals surface area contributed by atoms with E-state index in [1.165, 1.54) is 5.56 Å². The Kier molecular flexibility index (Phi) is 5.38. The van der Waals surface area contributed by atoms with Gasteiger partial charge in [-0.15, -0.1) is 0 Å². The maximum absolute atomic E-state index is 12.8. The Bertz CT molecular complexity index is 1050. The van der Waals surface area contributed by atoms with Crippen molar-refractivity contribution in [2.24, 2.45) is 5.92 Å². The number of H-pyrrole nitrogens is 1. The number of piperidine rings is 1. The van der Waals surface area contributed by atoms with Gasteiger partial charge in [-0.3, -0.25) is 9.59 Å². The first-order valence-electron chi connectivity index (χ1n) is 10.2. The molecule has 2 heterocycles. The number of aromatic nitrogens is 1. The molecule has 0 atom stereocenters. The zero-order chi connectivity index (χ0) is 20.4. The van der Waals surface area contributed by atoms with Gasteiger partial charge in [-0.25, -0.2) is 0 Å². The smallest absolute Gasteiger partial charge is 0.227 e. The van der Waals surface area contributed by atoms with Gasteiger partial charge >= 0.3 is 0 Å². The van der Waals surface area contributed by atoms with Crippen LogP contribution in [-0.4, -0.2) is 34.8 Å². The van der Waals surface area contributed by atoms with Gasteiger partial charge in [0.15, 0.2) is 0 Å². The van der Waals surface area contributed by atoms with Gasteiger partial charge in [-0.2, -0.15) is 0 Å². The number of nitrogens with zero attached hydrogens (tertiary/aromatic N) is 1. The van der Waals surface area contributed by atoms with Crippen LogP contribution in [0, 0.1) is 19.8 Å². The summed E-state index contributed by atoms with van der Waals surface area (Å²) in [6, 6.07) is 14.1. The van der Waals surface area contributed by atoms with E-state index in [0.717, 1.165) is 27.7 Å². The number of aryl methyl sites for hydroxylation is 2. The van der Waals surface area contributed by atoms with E-state index < -0.39 is 0 Å². The van der Waals surface area contributed by atoms with Gasteiger partial charge in [-0.05, 0) is 49.9 Å². The van der Waals surface area contributed by atoms with E-state index in [4.69, 9.17) is 0 Å². The third-order valence-corrected chi connectivity index (χ3v) is 5.87. The Morgan fingerprint density at radius 3 is 2.62 bits per heavy atom. The molecule has 4 rings (SSSR count). The fraction of sp³-hybridized carbons (Fsp3) is 0.333. The Labute approximate surface area is 171 Å². The zero-order valence-corrected chi connectivity index (χ0v) is 17.0. The molecule has 150 valence electrons. The number of carbonyl (C=O) groups is 2. The van der Waals surface area contributed by atoms with Crippen molar-refractivity contribution in [1.82, 2.24) is 9.88 Å². The number of hydrogen-bond donors (Lipinski definition) is 2. The summed E-state index contributed by atoms with van der Waals surface area (Å²) < 4.78 is 0. The number of hydrogen-bond acceptors (Lipinski definition) is 2. The first-order valence-corrected chi connectivity index (χ1v) is 10.2. The van der Waals surface area contributed by atoms with Crippen molar-refractivity contribution in [1.29, 1.82) is 0 Å². The summed E-state index contributed by atoms with van der Waals surface area (Å²) in [4.78, 5) is 30.5. The standard InChI is InChI=1S/C24H27N3O2/c1-16-7-8-21(17(2)13-16)26-24(29)18-9-11-27(12-10-18)23(28)14-19-15-25-22-6-4-3-5-20(19)22/h3-8,13,15,18,25H,9-12,14H2,1-2H3,(H,26,29). The van der Waals surface area contributed by atoms with Crippen LogP contribution < -0.4 is 5.32 Å². The minimum atomic E-state index is -0.0483. The van der Waals surface area contributed by atoms with Crippen LogP contribution >= 0.6 is 0 Å². The zero-order valence-electron chi connectivity index (χ0n) is 17.0. The highest BCUT2D eigenvalue weighted by molar-refractivity contribution is 5.93. The van der Waals surface area contributed by atoms with E-state index in [2.05, 4.69) is 16.4 Å². The van der Waals surface area contributed by atoms with Gasteiger partial charge in [0.05, 0.1) is 6.42 Å². The summed E-state index contributed by atoms with van der Waals surface area (Å²) >= 11 is 0. The molecule has 1 aliphatic rings. The molecule has 0 bridgehead atoms. The number of nitrogens with one attached hydrogen (secondary N) is 2. The van der Waals surface area contributed by atoms with Gasteiger partial charge in [-0.1, -0.05) is 35.9 Å². The van der Waals surface area contributed by atoms with Crippen molar-refractivity contribution >= 4 is 28.4 Å². The summed E-state index contributed by atoms with van der Waals surface area (Å²) in [7, 11) is 0. The van der Waals surface area contributed by atoms with Crippen LogP contribution in [0.4, 0.5) is 5.69 Å². The predicted octanol–water partition coefficient (Wildman–Crippen LogP) is 4.20. The number of para-hydroxylation sites is 1. The van der Waals surface area contributed by atoms with E-state index in [9.17, 15) is 9.59 Å². The molecule has 29 heavy (non-hydrogen) atoms. The third kappa shape index (κ3) is 4.19. The van der Waals surface area contributed by atoms with Crippen LogP contribution in [0.3, 0.4) is 0 Å². The average Bonchev–Trinajstić information content (AvgIpc) is 3.13. The second kappa shape index (κ2) is 8.11. The summed E-state index contributed by atoms with van der Waals surface area (Å²) in [6.45, 7) is 5.31. The van der Waals surface area contributed by atoms with E-state index in [1.54, 1.807) is 0 Å². The second-order valence-corrected chi connectivity index (χ2v) is 8.00. The molecule has 0 saturated carbocycles. The van der Waals surface area contributed by atoms with Crippen LogP contribution in [-0.2, 0) is 16.0 Å². The molecule has 5 nitrogen and oxygen atoms in total. The van der Waals surface area contributed by atoms with E-state index in [0.29, 0.717) is 32.4 Å². The summed E-state index contributed by atoms with van der Waals surface area (Å²) in [5.41, 5.74) is 5.21. The van der Waals surface area contributed by atoms with Crippen molar-refractivity contribution in [2.75, 3.05) is 18.4 Å². The van der Waals surface area contributed by atoms with Crippen LogP contribution in [0.15, 0.2) is 48.7 Å². The molecule has 1 aromatic heterocycles. The lowest BCUT2D eigenvalue weighted by molar-refractivity contribution is -0.133. The number of carbonyl (C=O) groups excluding carboxylic acids is 2. The Hall–Kier alpha value is -3.08. The SMILES string of the molecule is Cc1ccc(NC(=O)C2CCN(C(=O)Cc3c[nH]c4ccccc34)CC2)c(C)c1. The number of fused-ring (bicyclic) bond motifs is 1. The molecule has 1 saturated heterocycles. The van der Waals surface area contributed by atoms with E-state index >= 15 is 0 Å². The third-order valence-electron chi connectivity index (χ3n) is 5.87. The summed E-state index contributed by atoms with van der Waals surface area (Å²) in [5.74, 6) is 0.136. The van der Waals surface area contributed by atoms with Crippen molar-refractivity contribution in [3.8, 4) is 0 Å². The highest BCUT2D eigenvalue weighted by Gasteiger charge is 2.27. The molecule has 0 radical (unpaired) electrons. The minimum Gasteiger partial charge on any atom is -0.361 e. The van der Waals surface area contributed by atoms with Gasteiger partial charge in [0, 0.05) is 41.8 Å². The van der Waals surface area contributed by atoms with Gasteiger partial charge in [0.1, 0.15) is 0 Å². The lowest BCUT2D eigenvalue weighted by Crippen LogP contribution is -2.42. The van der Waals surface area contributed by atoms with Gasteiger partial charge in [0.2, 0.25) is 11.8 Å². The fourth-order valence-electron chi connectivity index (χ4n) is 4.13. The first kappa shape index (κ1) is 19.2. The molecule has 0 unspecified atom stereocenters. The van der Waals surface area contributed by atoms with Crippen LogP contribution in [0.2, 0.25) is 0 Å². The summed E-state index contributed by atoms with van der Waals surface area (Å²) in [5, 5.41) is 4.16. The van der Waals surface area contributed by atoms with Crippen molar-refractivity contribution in [3.63, 3.8) is 0 Å². The fourth-order valence-corrected chi connectivity index (χ4v) is 4.13. The molecule has 3 aromatic rings. The molecule has 1 fully saturated rings. The Morgan fingerprint density at radius 2 is 1.86 bits per heavy atom. The molecular formula is C24H27N3O2. The van der Waals surface area contributed by atoms with Crippen LogP contribution in [0.5, 0.6) is 0 Å². The van der Waals surface area contributed by atoms with Crippen molar-refractivity contribution in [2.45, 2.75) is 33.1 Å². The highest BCUT2D eigenvalue weighted by atomic mass is 16.2. The number of likely N-dealkylation sites (tertiary alicyclic amines) is 1. The first-order chi connectivity index (χ1) is 14.0. The highest BCUT2D eigenvalue weighted by Crippen LogP contribution is 2.23. The Morgan fingerprint density at radius 1 is 1.10 bits per heavy atom. The van der Waals surface area contributed by atoms with Crippen molar-refractivity contribution in [3.05, 3.63) is 65.4 Å². The monoisotopic (exact) mass is 389 g/mol. The van der Waals surface area contributed by atoms with Crippen LogP contribution in [0.25, 0.3) is 10.9 Å². The molecule has 1 aliphatic heterocycles. The lowest BCUT2D eigenvalue weighted by atomic mass is 9.95. The molecule has 2 amide bonds. The maximum atomic E-state index is 12.8. The number of aromatic amines is 1. The van der Waals surface area contributed by atoms with Crippen molar-refractivity contribution < 1.29 is 9.59 Å². The topological polar surface area (TPSA) is 65.2 Å². The molecule has 2 N–H and O–H groups in total. The maximum Gasteiger partial charge on any atom is 0.227 e. The molecule has 0 aliphatic carbocycles. The number of anilines is 1. The average molecular weight is 389 g/mol. The normalized spacial score (nSPS) is 14.9. The van der Waals surface area contributed by atoms with E-state index in [1.807, 2.05) is 61.3 Å². The predicted molar refractivity (Wildman–Crippen MR) is 116 cm³/mol. The number of benzene rings is 2. The lowest BCUT2D eigenvalue weighted by Gasteiger charge is -2.31. The molecule has 2 aromatic carbocycles. The van der Waals surface area contributed by atoms with Gasteiger partial charge < -0.3 is 15.2 Å². The van der Waals surface area contributed by atoms with E-state index in [-0.39, 0.29) is 17.7 Å². The summed E-state index contributed by atoms with van der Waals surface area (Å²) in [6.07, 6.45) is 3.73. The number of rotatable bonds is 4. The quantitative estimate of drug-likeness (QED) is 0.702. The molecular weight excluding hydrogens is 362 g/mol. The number of amides is 2.